The molecule has 1 rings (SSSR count). The monoisotopic (exact) mass is 274 g/mol. The number of benzene rings is 1. The van der Waals surface area contributed by atoms with Crippen molar-refractivity contribution in [2.45, 2.75) is 0 Å². The van der Waals surface area contributed by atoms with Gasteiger partial charge in [0.15, 0.2) is 0 Å². The van der Waals surface area contributed by atoms with E-state index in [4.69, 9.17) is 28.5 Å². The second-order valence-corrected chi connectivity index (χ2v) is 4.57. The molecule has 0 aromatic heterocycles. The Morgan fingerprint density at radius 1 is 1.50 bits per heavy atom. The summed E-state index contributed by atoms with van der Waals surface area (Å²) in [6.45, 7) is 0. The van der Waals surface area contributed by atoms with Crippen LogP contribution < -0.4 is 5.32 Å². The lowest BCUT2D eigenvalue weighted by Gasteiger charge is -2.07. The maximum atomic E-state index is 11.4. The molecule has 84 valence electrons. The summed E-state index contributed by atoms with van der Waals surface area (Å²) < 4.78 is 0. The number of rotatable bonds is 4. The van der Waals surface area contributed by atoms with Gasteiger partial charge in [-0.1, -0.05) is 29.3 Å². The van der Waals surface area contributed by atoms with Gasteiger partial charge in [-0.25, -0.2) is 0 Å². The standard InChI is InChI=1S/C10H8Cl2N2OS/c11-7-2-1-3-8(10(7)12)14-9(15)6-16-5-4-13/h1-3H,5-6H2,(H,14,15). The van der Waals surface area contributed by atoms with E-state index in [9.17, 15) is 4.79 Å². The molecule has 0 atom stereocenters. The summed E-state index contributed by atoms with van der Waals surface area (Å²) in [5.41, 5.74) is 0.483. The van der Waals surface area contributed by atoms with Crippen molar-refractivity contribution in [3.63, 3.8) is 0 Å². The number of carbonyl (C=O) groups is 1. The van der Waals surface area contributed by atoms with Crippen LogP contribution in [-0.2, 0) is 4.79 Å². The second kappa shape index (κ2) is 6.64. The molecule has 16 heavy (non-hydrogen) atoms. The first kappa shape index (κ1) is 13.2. The highest BCUT2D eigenvalue weighted by molar-refractivity contribution is 8.00. The van der Waals surface area contributed by atoms with E-state index in [0.29, 0.717) is 15.7 Å². The number of halogens is 2. The Balaban J connectivity index is 2.57. The van der Waals surface area contributed by atoms with Crippen molar-refractivity contribution in [2.75, 3.05) is 16.8 Å². The molecule has 0 heterocycles. The number of anilines is 1. The van der Waals surface area contributed by atoms with E-state index >= 15 is 0 Å². The number of thioether (sulfide) groups is 1. The van der Waals surface area contributed by atoms with Gasteiger partial charge in [0.25, 0.3) is 0 Å². The minimum atomic E-state index is -0.204. The zero-order valence-electron chi connectivity index (χ0n) is 8.17. The normalized spacial score (nSPS) is 9.56. The van der Waals surface area contributed by atoms with Crippen LogP contribution in [0.2, 0.25) is 10.0 Å². The number of amides is 1. The number of nitrogens with one attached hydrogen (secondary N) is 1. The molecule has 0 saturated carbocycles. The van der Waals surface area contributed by atoms with Crippen LogP contribution in [0.3, 0.4) is 0 Å². The molecule has 1 amide bonds. The first-order chi connectivity index (χ1) is 7.65. The number of hydrogen-bond acceptors (Lipinski definition) is 3. The summed E-state index contributed by atoms with van der Waals surface area (Å²) >= 11 is 12.9. The van der Waals surface area contributed by atoms with Crippen molar-refractivity contribution < 1.29 is 4.79 Å². The van der Waals surface area contributed by atoms with Gasteiger partial charge in [0.2, 0.25) is 5.91 Å². The number of nitrogens with zero attached hydrogens (tertiary/aromatic N) is 1. The van der Waals surface area contributed by atoms with Crippen LogP contribution in [0.15, 0.2) is 18.2 Å². The van der Waals surface area contributed by atoms with Crippen molar-refractivity contribution >= 4 is 46.6 Å². The highest BCUT2D eigenvalue weighted by Crippen LogP contribution is 2.29. The van der Waals surface area contributed by atoms with Crippen LogP contribution >= 0.6 is 35.0 Å². The summed E-state index contributed by atoms with van der Waals surface area (Å²) in [6, 6.07) is 6.95. The molecular formula is C10H8Cl2N2OS. The fourth-order valence-corrected chi connectivity index (χ4v) is 1.77. The Morgan fingerprint density at radius 3 is 2.94 bits per heavy atom. The summed E-state index contributed by atoms with van der Waals surface area (Å²) in [5.74, 6) is 0.303. The van der Waals surface area contributed by atoms with E-state index in [0.717, 1.165) is 0 Å². The average molecular weight is 275 g/mol. The molecule has 0 saturated heterocycles. The number of hydrogen-bond donors (Lipinski definition) is 1. The van der Waals surface area contributed by atoms with Crippen molar-refractivity contribution in [3.8, 4) is 6.07 Å². The van der Waals surface area contributed by atoms with Crippen LogP contribution in [0.4, 0.5) is 5.69 Å². The van der Waals surface area contributed by atoms with Gasteiger partial charge in [-0.2, -0.15) is 5.26 Å². The molecule has 3 nitrogen and oxygen atoms in total. The van der Waals surface area contributed by atoms with E-state index in [-0.39, 0.29) is 17.4 Å². The lowest BCUT2D eigenvalue weighted by molar-refractivity contribution is -0.113. The van der Waals surface area contributed by atoms with Crippen molar-refractivity contribution in [1.29, 1.82) is 5.26 Å². The smallest absolute Gasteiger partial charge is 0.234 e. The summed E-state index contributed by atoms with van der Waals surface area (Å²) in [5, 5.41) is 11.6. The molecule has 0 radical (unpaired) electrons. The third-order valence-corrected chi connectivity index (χ3v) is 3.24. The minimum Gasteiger partial charge on any atom is -0.324 e. The molecular weight excluding hydrogens is 267 g/mol. The predicted octanol–water partition coefficient (Wildman–Crippen LogP) is 3.19. The van der Waals surface area contributed by atoms with Crippen molar-refractivity contribution in [3.05, 3.63) is 28.2 Å². The van der Waals surface area contributed by atoms with E-state index in [1.54, 1.807) is 18.2 Å². The van der Waals surface area contributed by atoms with Gasteiger partial charge in [-0.15, -0.1) is 11.8 Å². The Morgan fingerprint density at radius 2 is 2.25 bits per heavy atom. The third-order valence-electron chi connectivity index (χ3n) is 1.63. The Kier molecular flexibility index (Phi) is 5.47. The Bertz CT molecular complexity index is 431. The van der Waals surface area contributed by atoms with Crippen LogP contribution in [0, 0.1) is 11.3 Å². The van der Waals surface area contributed by atoms with Gasteiger partial charge >= 0.3 is 0 Å². The second-order valence-electron chi connectivity index (χ2n) is 2.80. The first-order valence-electron chi connectivity index (χ1n) is 4.33. The lowest BCUT2D eigenvalue weighted by atomic mass is 10.3. The van der Waals surface area contributed by atoms with Crippen molar-refractivity contribution in [1.82, 2.24) is 0 Å². The maximum absolute atomic E-state index is 11.4. The quantitative estimate of drug-likeness (QED) is 0.858. The molecule has 1 N–H and O–H groups in total. The largest absolute Gasteiger partial charge is 0.324 e. The van der Waals surface area contributed by atoms with Gasteiger partial charge in [0.1, 0.15) is 0 Å². The molecule has 1 aromatic carbocycles. The minimum absolute atomic E-state index is 0.204. The van der Waals surface area contributed by atoms with Gasteiger partial charge < -0.3 is 5.32 Å². The molecule has 1 aromatic rings. The Labute approximate surface area is 108 Å². The highest BCUT2D eigenvalue weighted by Gasteiger charge is 2.07. The number of nitriles is 1. The van der Waals surface area contributed by atoms with Crippen LogP contribution in [0.5, 0.6) is 0 Å². The molecule has 6 heteroatoms. The molecule has 0 spiro atoms. The zero-order valence-corrected chi connectivity index (χ0v) is 10.5. The maximum Gasteiger partial charge on any atom is 0.234 e. The predicted molar refractivity (Wildman–Crippen MR) is 68.0 cm³/mol. The van der Waals surface area contributed by atoms with Crippen LogP contribution in [-0.4, -0.2) is 17.4 Å². The SMILES string of the molecule is N#CCSCC(=O)Nc1cccc(Cl)c1Cl. The van der Waals surface area contributed by atoms with Gasteiger partial charge in [0, 0.05) is 0 Å². The average Bonchev–Trinajstić information content (AvgIpc) is 2.25. The Hall–Kier alpha value is -0.890. The van der Waals surface area contributed by atoms with E-state index in [1.807, 2.05) is 6.07 Å². The van der Waals surface area contributed by atoms with E-state index < -0.39 is 0 Å². The molecule has 0 aliphatic heterocycles. The molecule has 0 fully saturated rings. The fourth-order valence-electron chi connectivity index (χ4n) is 0.976. The summed E-state index contributed by atoms with van der Waals surface area (Å²) in [6.07, 6.45) is 0. The van der Waals surface area contributed by atoms with Crippen molar-refractivity contribution in [2.24, 2.45) is 0 Å². The lowest BCUT2D eigenvalue weighted by Crippen LogP contribution is -2.14. The fraction of sp³-hybridized carbons (Fsp3) is 0.200. The zero-order chi connectivity index (χ0) is 12.0. The van der Waals surface area contributed by atoms with E-state index in [2.05, 4.69) is 5.32 Å². The third kappa shape index (κ3) is 3.93. The molecule has 0 aliphatic carbocycles. The summed E-state index contributed by atoms with van der Waals surface area (Å²) in [4.78, 5) is 11.4. The molecule has 0 bridgehead atoms. The van der Waals surface area contributed by atoms with Gasteiger partial charge in [0.05, 0.1) is 33.3 Å². The van der Waals surface area contributed by atoms with Gasteiger partial charge in [-0.05, 0) is 12.1 Å². The molecule has 0 unspecified atom stereocenters. The van der Waals surface area contributed by atoms with E-state index in [1.165, 1.54) is 11.8 Å². The van der Waals surface area contributed by atoms with Crippen LogP contribution in [0.1, 0.15) is 0 Å². The first-order valence-corrected chi connectivity index (χ1v) is 6.24. The summed E-state index contributed by atoms with van der Waals surface area (Å²) in [7, 11) is 0. The van der Waals surface area contributed by atoms with Crippen LogP contribution in [0.25, 0.3) is 0 Å². The van der Waals surface area contributed by atoms with Gasteiger partial charge in [-0.3, -0.25) is 4.79 Å². The topological polar surface area (TPSA) is 52.9 Å². The molecule has 0 aliphatic rings. The number of carbonyl (C=O) groups excluding carboxylic acids is 1. The highest BCUT2D eigenvalue weighted by atomic mass is 35.5.